The molecule has 20 heavy (non-hydrogen) atoms. The van der Waals surface area contributed by atoms with E-state index in [1.54, 1.807) is 6.07 Å². The molecule has 0 fully saturated rings. The Morgan fingerprint density at radius 1 is 0.950 bits per heavy atom. The number of aliphatic hydroxyl groups is 1. The van der Waals surface area contributed by atoms with Crippen molar-refractivity contribution in [2.24, 2.45) is 0 Å². The number of hydrogen-bond acceptors (Lipinski definition) is 1. The molecule has 0 saturated carbocycles. The Morgan fingerprint density at radius 2 is 1.60 bits per heavy atom. The minimum atomic E-state index is -1.06. The summed E-state index contributed by atoms with van der Waals surface area (Å²) in [6, 6.07) is 7.87. The minimum Gasteiger partial charge on any atom is -0.392 e. The molecule has 2 rings (SSSR count). The van der Waals surface area contributed by atoms with Gasteiger partial charge in [-0.05, 0) is 35.9 Å². The maximum Gasteiger partial charge on any atom is 0.129 e. The summed E-state index contributed by atoms with van der Waals surface area (Å²) in [7, 11) is 0. The first-order valence-corrected chi connectivity index (χ1v) is 6.81. The van der Waals surface area contributed by atoms with Gasteiger partial charge in [0, 0.05) is 22.9 Å². The number of aliphatic hydroxyl groups excluding tert-OH is 1. The molecule has 0 aromatic heterocycles. The van der Waals surface area contributed by atoms with Gasteiger partial charge in [0.15, 0.2) is 0 Å². The van der Waals surface area contributed by atoms with Crippen LogP contribution in [0.5, 0.6) is 0 Å². The molecule has 0 aliphatic carbocycles. The van der Waals surface area contributed by atoms with E-state index in [1.807, 2.05) is 0 Å². The molecular formula is C15H12BrF3O. The van der Waals surface area contributed by atoms with Crippen LogP contribution in [0, 0.1) is 17.5 Å². The Morgan fingerprint density at radius 3 is 2.25 bits per heavy atom. The number of rotatable bonds is 4. The van der Waals surface area contributed by atoms with Gasteiger partial charge in [-0.15, -0.1) is 0 Å². The highest BCUT2D eigenvalue weighted by molar-refractivity contribution is 9.10. The van der Waals surface area contributed by atoms with E-state index in [4.69, 9.17) is 0 Å². The second-order valence-electron chi connectivity index (χ2n) is 4.50. The van der Waals surface area contributed by atoms with Gasteiger partial charge in [0.2, 0.25) is 0 Å². The van der Waals surface area contributed by atoms with Gasteiger partial charge in [-0.25, -0.2) is 13.2 Å². The molecular weight excluding hydrogens is 333 g/mol. The van der Waals surface area contributed by atoms with Gasteiger partial charge >= 0.3 is 0 Å². The predicted octanol–water partition coefficient (Wildman–Crippen LogP) is 4.01. The third kappa shape index (κ3) is 3.61. The zero-order valence-corrected chi connectivity index (χ0v) is 12.0. The molecule has 1 nitrogen and oxygen atoms in total. The number of hydrogen-bond donors (Lipinski definition) is 1. The highest BCUT2D eigenvalue weighted by Gasteiger charge is 2.16. The summed E-state index contributed by atoms with van der Waals surface area (Å²) in [4.78, 5) is 0. The first-order valence-electron chi connectivity index (χ1n) is 6.02. The average Bonchev–Trinajstić information content (AvgIpc) is 2.38. The molecule has 0 saturated heterocycles. The van der Waals surface area contributed by atoms with Gasteiger partial charge in [-0.2, -0.15) is 0 Å². The number of halogens is 4. The summed E-state index contributed by atoms with van der Waals surface area (Å²) in [6.45, 7) is 0. The molecule has 1 N–H and O–H groups in total. The number of benzene rings is 2. The van der Waals surface area contributed by atoms with Gasteiger partial charge in [0.25, 0.3) is 0 Å². The lowest BCUT2D eigenvalue weighted by molar-refractivity contribution is 0.171. The Hall–Kier alpha value is -1.33. The molecule has 0 radical (unpaired) electrons. The van der Waals surface area contributed by atoms with Crippen LogP contribution < -0.4 is 0 Å². The normalized spacial score (nSPS) is 12.4. The van der Waals surface area contributed by atoms with Crippen LogP contribution in [0.15, 0.2) is 40.9 Å². The maximum absolute atomic E-state index is 13.5. The first-order chi connectivity index (χ1) is 9.47. The van der Waals surface area contributed by atoms with E-state index in [1.165, 1.54) is 18.2 Å². The Bertz CT molecular complexity index is 596. The molecule has 5 heteroatoms. The largest absolute Gasteiger partial charge is 0.392 e. The van der Waals surface area contributed by atoms with Gasteiger partial charge in [0.05, 0.1) is 6.10 Å². The van der Waals surface area contributed by atoms with Gasteiger partial charge in [-0.3, -0.25) is 0 Å². The van der Waals surface area contributed by atoms with Crippen molar-refractivity contribution >= 4 is 15.9 Å². The maximum atomic E-state index is 13.5. The van der Waals surface area contributed by atoms with Crippen LogP contribution in [-0.4, -0.2) is 11.2 Å². The summed E-state index contributed by atoms with van der Waals surface area (Å²) < 4.78 is 41.1. The molecule has 0 heterocycles. The van der Waals surface area contributed by atoms with Gasteiger partial charge < -0.3 is 5.11 Å². The molecule has 0 amide bonds. The fourth-order valence-corrected chi connectivity index (χ4v) is 2.40. The minimum absolute atomic E-state index is 0.0148. The smallest absolute Gasteiger partial charge is 0.129 e. The molecule has 106 valence electrons. The summed E-state index contributed by atoms with van der Waals surface area (Å²) >= 11 is 3.21. The van der Waals surface area contributed by atoms with Crippen LogP contribution in [0.2, 0.25) is 0 Å². The van der Waals surface area contributed by atoms with Crippen LogP contribution in [0.3, 0.4) is 0 Å². The molecule has 2 aromatic carbocycles. The fourth-order valence-electron chi connectivity index (χ4n) is 1.99. The van der Waals surface area contributed by atoms with Crippen molar-refractivity contribution < 1.29 is 18.3 Å². The molecule has 0 bridgehead atoms. The zero-order valence-electron chi connectivity index (χ0n) is 10.4. The lowest BCUT2D eigenvalue weighted by Gasteiger charge is -2.13. The van der Waals surface area contributed by atoms with Crippen LogP contribution in [0.4, 0.5) is 13.2 Å². The summed E-state index contributed by atoms with van der Waals surface area (Å²) in [6.07, 6.45) is -1.28. The van der Waals surface area contributed by atoms with E-state index in [-0.39, 0.29) is 18.4 Å². The van der Waals surface area contributed by atoms with Crippen molar-refractivity contribution in [3.8, 4) is 0 Å². The lowest BCUT2D eigenvalue weighted by Crippen LogP contribution is -2.16. The van der Waals surface area contributed by atoms with Crippen LogP contribution in [0.25, 0.3) is 0 Å². The van der Waals surface area contributed by atoms with Crippen LogP contribution in [0.1, 0.15) is 11.1 Å². The quantitative estimate of drug-likeness (QED) is 0.888. The van der Waals surface area contributed by atoms with Crippen molar-refractivity contribution in [3.05, 3.63) is 69.4 Å². The molecule has 0 aliphatic heterocycles. The summed E-state index contributed by atoms with van der Waals surface area (Å²) in [5.41, 5.74) is 0.110. The van der Waals surface area contributed by atoms with E-state index in [2.05, 4.69) is 15.9 Å². The van der Waals surface area contributed by atoms with E-state index in [0.29, 0.717) is 10.0 Å². The van der Waals surface area contributed by atoms with E-state index < -0.39 is 23.6 Å². The Balaban J connectivity index is 2.13. The molecule has 0 aliphatic rings. The third-order valence-corrected chi connectivity index (χ3v) is 3.46. The standard InChI is InChI=1S/C15H12BrF3O/c16-10-4-5-13(17)9(6-10)7-11(20)8-12-14(18)2-1-3-15(12)19/h1-6,11,20H,7-8H2. The molecule has 0 spiro atoms. The van der Waals surface area contributed by atoms with Crippen LogP contribution >= 0.6 is 15.9 Å². The van der Waals surface area contributed by atoms with Crippen molar-refractivity contribution in [3.63, 3.8) is 0 Å². The van der Waals surface area contributed by atoms with E-state index in [0.717, 1.165) is 12.1 Å². The second-order valence-corrected chi connectivity index (χ2v) is 5.41. The van der Waals surface area contributed by atoms with Gasteiger partial charge in [0.1, 0.15) is 17.5 Å². The fraction of sp³-hybridized carbons (Fsp3) is 0.200. The predicted molar refractivity (Wildman–Crippen MR) is 73.9 cm³/mol. The monoisotopic (exact) mass is 344 g/mol. The van der Waals surface area contributed by atoms with E-state index >= 15 is 0 Å². The summed E-state index contributed by atoms with van der Waals surface area (Å²) in [5, 5.41) is 9.90. The van der Waals surface area contributed by atoms with Crippen molar-refractivity contribution in [1.82, 2.24) is 0 Å². The van der Waals surface area contributed by atoms with Crippen LogP contribution in [-0.2, 0) is 12.8 Å². The average molecular weight is 345 g/mol. The summed E-state index contributed by atoms with van der Waals surface area (Å²) in [5.74, 6) is -1.88. The molecule has 2 aromatic rings. The van der Waals surface area contributed by atoms with E-state index in [9.17, 15) is 18.3 Å². The Labute approximate surface area is 123 Å². The third-order valence-electron chi connectivity index (χ3n) is 2.96. The Kier molecular flexibility index (Phi) is 4.83. The molecule has 1 unspecified atom stereocenters. The van der Waals surface area contributed by atoms with Gasteiger partial charge in [-0.1, -0.05) is 22.0 Å². The second kappa shape index (κ2) is 6.41. The van der Waals surface area contributed by atoms with Crippen molar-refractivity contribution in [2.45, 2.75) is 18.9 Å². The zero-order chi connectivity index (χ0) is 14.7. The van der Waals surface area contributed by atoms with Crippen molar-refractivity contribution in [1.29, 1.82) is 0 Å². The lowest BCUT2D eigenvalue weighted by atomic mass is 10.0. The first kappa shape index (κ1) is 15.1. The highest BCUT2D eigenvalue weighted by Crippen LogP contribution is 2.20. The molecule has 1 atom stereocenters. The highest BCUT2D eigenvalue weighted by atomic mass is 79.9. The topological polar surface area (TPSA) is 20.2 Å². The van der Waals surface area contributed by atoms with Crippen molar-refractivity contribution in [2.75, 3.05) is 0 Å². The SMILES string of the molecule is OC(Cc1cc(Br)ccc1F)Cc1c(F)cccc1F.